The lowest BCUT2D eigenvalue weighted by Crippen LogP contribution is -2.42. The number of nitrogens with one attached hydrogen (secondary N) is 1. The SMILES string of the molecule is CN(C)C(CNC(=O)CCN1C(=O)C2CCCCC2C1=O)Cc1ccccc1. The number of amides is 3. The number of carbonyl (C=O) groups is 3. The summed E-state index contributed by atoms with van der Waals surface area (Å²) in [6.45, 7) is 0.732. The third-order valence-corrected chi connectivity index (χ3v) is 6.07. The molecule has 3 atom stereocenters. The lowest BCUT2D eigenvalue weighted by molar-refractivity contribution is -0.140. The molecule has 3 amide bonds. The normalized spacial score (nSPS) is 23.0. The van der Waals surface area contributed by atoms with E-state index >= 15 is 0 Å². The van der Waals surface area contributed by atoms with E-state index in [1.807, 2.05) is 32.3 Å². The zero-order valence-corrected chi connectivity index (χ0v) is 16.9. The Balaban J connectivity index is 1.47. The molecule has 1 aromatic rings. The maximum Gasteiger partial charge on any atom is 0.233 e. The van der Waals surface area contributed by atoms with Gasteiger partial charge in [0.05, 0.1) is 11.8 Å². The van der Waals surface area contributed by atoms with Crippen LogP contribution in [0.2, 0.25) is 0 Å². The maximum absolute atomic E-state index is 12.5. The van der Waals surface area contributed by atoms with Crippen molar-refractivity contribution in [2.45, 2.75) is 44.6 Å². The fraction of sp³-hybridized carbons (Fsp3) is 0.591. The van der Waals surface area contributed by atoms with E-state index in [-0.39, 0.29) is 48.6 Å². The Hall–Kier alpha value is -2.21. The highest BCUT2D eigenvalue weighted by molar-refractivity contribution is 6.05. The van der Waals surface area contributed by atoms with Gasteiger partial charge in [0.2, 0.25) is 17.7 Å². The predicted octanol–water partition coefficient (Wildman–Crippen LogP) is 1.84. The van der Waals surface area contributed by atoms with Gasteiger partial charge >= 0.3 is 0 Å². The van der Waals surface area contributed by atoms with Crippen LogP contribution in [-0.4, -0.2) is 60.7 Å². The Kier molecular flexibility index (Phi) is 6.83. The van der Waals surface area contributed by atoms with Crippen LogP contribution in [0.3, 0.4) is 0 Å². The van der Waals surface area contributed by atoms with Crippen LogP contribution >= 0.6 is 0 Å². The van der Waals surface area contributed by atoms with Crippen molar-refractivity contribution in [3.63, 3.8) is 0 Å². The molecule has 3 rings (SSSR count). The van der Waals surface area contributed by atoms with E-state index in [9.17, 15) is 14.4 Å². The molecule has 28 heavy (non-hydrogen) atoms. The number of benzene rings is 1. The van der Waals surface area contributed by atoms with E-state index in [4.69, 9.17) is 0 Å². The Labute approximate surface area is 167 Å². The molecule has 0 aromatic heterocycles. The van der Waals surface area contributed by atoms with E-state index in [1.54, 1.807) is 0 Å². The number of hydrogen-bond acceptors (Lipinski definition) is 4. The van der Waals surface area contributed by atoms with Crippen molar-refractivity contribution < 1.29 is 14.4 Å². The Morgan fingerprint density at radius 3 is 2.29 bits per heavy atom. The van der Waals surface area contributed by atoms with E-state index in [1.165, 1.54) is 10.5 Å². The third kappa shape index (κ3) is 4.79. The average molecular weight is 386 g/mol. The van der Waals surface area contributed by atoms with Gasteiger partial charge in [0.15, 0.2) is 0 Å². The highest BCUT2D eigenvalue weighted by atomic mass is 16.2. The van der Waals surface area contributed by atoms with Crippen LogP contribution in [0.5, 0.6) is 0 Å². The summed E-state index contributed by atoms with van der Waals surface area (Å²) in [6, 6.07) is 10.4. The molecule has 2 fully saturated rings. The van der Waals surface area contributed by atoms with Gasteiger partial charge in [-0.2, -0.15) is 0 Å². The monoisotopic (exact) mass is 385 g/mol. The van der Waals surface area contributed by atoms with Crippen LogP contribution in [0.15, 0.2) is 30.3 Å². The van der Waals surface area contributed by atoms with Crippen molar-refractivity contribution in [3.8, 4) is 0 Å². The van der Waals surface area contributed by atoms with Crippen molar-refractivity contribution in [3.05, 3.63) is 35.9 Å². The third-order valence-electron chi connectivity index (χ3n) is 6.07. The zero-order chi connectivity index (χ0) is 20.1. The van der Waals surface area contributed by atoms with Crippen molar-refractivity contribution in [2.24, 2.45) is 11.8 Å². The van der Waals surface area contributed by atoms with Gasteiger partial charge in [-0.3, -0.25) is 19.3 Å². The van der Waals surface area contributed by atoms with Crippen LogP contribution in [0, 0.1) is 11.8 Å². The van der Waals surface area contributed by atoms with Gasteiger partial charge in [-0.15, -0.1) is 0 Å². The van der Waals surface area contributed by atoms with Crippen LogP contribution in [0.25, 0.3) is 0 Å². The van der Waals surface area contributed by atoms with Gasteiger partial charge < -0.3 is 10.2 Å². The predicted molar refractivity (Wildman–Crippen MR) is 107 cm³/mol. The first kappa shape index (κ1) is 20.5. The second-order valence-corrected chi connectivity index (χ2v) is 8.19. The summed E-state index contributed by atoms with van der Waals surface area (Å²) in [6.07, 6.45) is 4.66. The van der Waals surface area contributed by atoms with E-state index in [0.29, 0.717) is 6.54 Å². The maximum atomic E-state index is 12.5. The fourth-order valence-corrected chi connectivity index (χ4v) is 4.31. The molecule has 0 radical (unpaired) electrons. The molecule has 0 spiro atoms. The molecule has 1 saturated carbocycles. The number of rotatable bonds is 8. The summed E-state index contributed by atoms with van der Waals surface area (Å²) in [5.74, 6) is -0.549. The molecule has 1 saturated heterocycles. The Morgan fingerprint density at radius 2 is 1.71 bits per heavy atom. The molecular formula is C22H31N3O3. The molecule has 1 N–H and O–H groups in total. The second kappa shape index (κ2) is 9.32. The highest BCUT2D eigenvalue weighted by Gasteiger charge is 2.47. The van der Waals surface area contributed by atoms with Gasteiger partial charge in [0.25, 0.3) is 0 Å². The lowest BCUT2D eigenvalue weighted by atomic mass is 9.81. The first-order chi connectivity index (χ1) is 13.5. The summed E-state index contributed by atoms with van der Waals surface area (Å²) in [7, 11) is 4.01. The van der Waals surface area contributed by atoms with Crippen LogP contribution in [0.1, 0.15) is 37.7 Å². The Morgan fingerprint density at radius 1 is 1.11 bits per heavy atom. The number of fused-ring (bicyclic) bond motifs is 1. The van der Waals surface area contributed by atoms with Crippen molar-refractivity contribution in [2.75, 3.05) is 27.2 Å². The molecule has 1 aromatic carbocycles. The molecule has 2 aliphatic rings. The van der Waals surface area contributed by atoms with Gasteiger partial charge in [0.1, 0.15) is 0 Å². The highest BCUT2D eigenvalue weighted by Crippen LogP contribution is 2.37. The first-order valence-corrected chi connectivity index (χ1v) is 10.3. The second-order valence-electron chi connectivity index (χ2n) is 8.19. The Bertz CT molecular complexity index is 680. The molecular weight excluding hydrogens is 354 g/mol. The number of carbonyl (C=O) groups excluding carboxylic acids is 3. The van der Waals surface area contributed by atoms with Crippen molar-refractivity contribution >= 4 is 17.7 Å². The molecule has 1 heterocycles. The number of likely N-dealkylation sites (N-methyl/N-ethyl adjacent to an activating group) is 1. The smallest absolute Gasteiger partial charge is 0.233 e. The van der Waals surface area contributed by atoms with Crippen LogP contribution in [0.4, 0.5) is 0 Å². The van der Waals surface area contributed by atoms with Crippen LogP contribution in [-0.2, 0) is 20.8 Å². The summed E-state index contributed by atoms with van der Waals surface area (Å²) < 4.78 is 0. The minimum atomic E-state index is -0.145. The first-order valence-electron chi connectivity index (χ1n) is 10.3. The summed E-state index contributed by atoms with van der Waals surface area (Å²) in [5.41, 5.74) is 1.23. The van der Waals surface area contributed by atoms with E-state index in [2.05, 4.69) is 22.3 Å². The largest absolute Gasteiger partial charge is 0.354 e. The molecule has 1 aliphatic heterocycles. The van der Waals surface area contributed by atoms with E-state index in [0.717, 1.165) is 32.1 Å². The van der Waals surface area contributed by atoms with Crippen molar-refractivity contribution in [1.29, 1.82) is 0 Å². The molecule has 3 unspecified atom stereocenters. The summed E-state index contributed by atoms with van der Waals surface area (Å²) in [5, 5.41) is 2.97. The van der Waals surface area contributed by atoms with Crippen molar-refractivity contribution in [1.82, 2.24) is 15.1 Å². The number of hydrogen-bond donors (Lipinski definition) is 1. The van der Waals surface area contributed by atoms with Gasteiger partial charge in [-0.1, -0.05) is 43.2 Å². The molecule has 0 bridgehead atoms. The molecule has 6 heteroatoms. The average Bonchev–Trinajstić information content (AvgIpc) is 2.94. The zero-order valence-electron chi connectivity index (χ0n) is 16.9. The molecule has 152 valence electrons. The van der Waals surface area contributed by atoms with E-state index < -0.39 is 0 Å². The van der Waals surface area contributed by atoms with Gasteiger partial charge in [0, 0.05) is 25.6 Å². The molecule has 6 nitrogen and oxygen atoms in total. The quantitative estimate of drug-likeness (QED) is 0.694. The summed E-state index contributed by atoms with van der Waals surface area (Å²) in [4.78, 5) is 40.7. The molecule has 1 aliphatic carbocycles. The summed E-state index contributed by atoms with van der Waals surface area (Å²) >= 11 is 0. The fourth-order valence-electron chi connectivity index (χ4n) is 4.31. The number of nitrogens with zero attached hydrogens (tertiary/aromatic N) is 2. The van der Waals surface area contributed by atoms with Gasteiger partial charge in [-0.05, 0) is 38.9 Å². The minimum absolute atomic E-state index is 0.0715. The lowest BCUT2D eigenvalue weighted by Gasteiger charge is -2.25. The number of likely N-dealkylation sites (tertiary alicyclic amines) is 1. The number of imide groups is 1. The van der Waals surface area contributed by atoms with Crippen LogP contribution < -0.4 is 5.32 Å². The van der Waals surface area contributed by atoms with Gasteiger partial charge in [-0.25, -0.2) is 0 Å². The topological polar surface area (TPSA) is 69.7 Å². The standard InChI is InChI=1S/C22H31N3O3/c1-24(2)17(14-16-8-4-3-5-9-16)15-23-20(26)12-13-25-21(27)18-10-6-7-11-19(18)22(25)28/h3-5,8-9,17-19H,6-7,10-15H2,1-2H3,(H,23,26). The minimum Gasteiger partial charge on any atom is -0.354 e.